The lowest BCUT2D eigenvalue weighted by atomic mass is 10.1. The summed E-state index contributed by atoms with van der Waals surface area (Å²) in [6.45, 7) is 3.95. The number of hydrogen-bond acceptors (Lipinski definition) is 3. The zero-order valence-electron chi connectivity index (χ0n) is 7.75. The van der Waals surface area contributed by atoms with Gasteiger partial charge in [-0.1, -0.05) is 13.8 Å². The van der Waals surface area contributed by atoms with Gasteiger partial charge in [-0.25, -0.2) is 0 Å². The number of hydrogen-bond donors (Lipinski definition) is 3. The standard InChI is InChI=1S/C9H18O2S/c1-3-4-8(10)9(11)5-7(2)6-12/h7,10-12H,3-6H2,1-2H3/b9-8-. The third-order valence-corrected chi connectivity index (χ3v) is 2.30. The van der Waals surface area contributed by atoms with Crippen LogP contribution >= 0.6 is 12.6 Å². The fourth-order valence-corrected chi connectivity index (χ4v) is 1.02. The Bertz CT molecular complexity index is 155. The van der Waals surface area contributed by atoms with Crippen LogP contribution in [-0.4, -0.2) is 16.0 Å². The summed E-state index contributed by atoms with van der Waals surface area (Å²) < 4.78 is 0. The molecule has 0 heterocycles. The molecule has 0 aliphatic heterocycles. The Kier molecular flexibility index (Phi) is 6.07. The summed E-state index contributed by atoms with van der Waals surface area (Å²) in [5.41, 5.74) is 0. The van der Waals surface area contributed by atoms with Crippen molar-refractivity contribution in [3.05, 3.63) is 11.5 Å². The van der Waals surface area contributed by atoms with E-state index >= 15 is 0 Å². The van der Waals surface area contributed by atoms with Crippen LogP contribution in [-0.2, 0) is 0 Å². The predicted molar refractivity (Wildman–Crippen MR) is 54.8 cm³/mol. The lowest BCUT2D eigenvalue weighted by molar-refractivity contribution is 0.287. The number of rotatable bonds is 5. The highest BCUT2D eigenvalue weighted by Crippen LogP contribution is 2.15. The minimum atomic E-state index is 0.124. The summed E-state index contributed by atoms with van der Waals surface area (Å²) in [5, 5.41) is 18.6. The van der Waals surface area contributed by atoms with E-state index in [1.54, 1.807) is 0 Å². The van der Waals surface area contributed by atoms with Crippen molar-refractivity contribution in [2.75, 3.05) is 5.75 Å². The first-order chi connectivity index (χ1) is 5.61. The van der Waals surface area contributed by atoms with Crippen LogP contribution in [0.4, 0.5) is 0 Å². The van der Waals surface area contributed by atoms with E-state index < -0.39 is 0 Å². The average Bonchev–Trinajstić information content (AvgIpc) is 2.04. The fraction of sp³-hybridized carbons (Fsp3) is 0.778. The van der Waals surface area contributed by atoms with Gasteiger partial charge in [0, 0.05) is 12.8 Å². The van der Waals surface area contributed by atoms with Gasteiger partial charge in [0.25, 0.3) is 0 Å². The third kappa shape index (κ3) is 4.54. The Morgan fingerprint density at radius 3 is 2.33 bits per heavy atom. The van der Waals surface area contributed by atoms with E-state index in [1.807, 2.05) is 13.8 Å². The molecular weight excluding hydrogens is 172 g/mol. The smallest absolute Gasteiger partial charge is 0.130 e. The molecule has 3 heteroatoms. The van der Waals surface area contributed by atoms with Gasteiger partial charge in [0.1, 0.15) is 11.5 Å². The average molecular weight is 190 g/mol. The monoisotopic (exact) mass is 190 g/mol. The van der Waals surface area contributed by atoms with Crippen LogP contribution in [0.3, 0.4) is 0 Å². The van der Waals surface area contributed by atoms with Gasteiger partial charge in [0.15, 0.2) is 0 Å². The van der Waals surface area contributed by atoms with Gasteiger partial charge in [0.2, 0.25) is 0 Å². The maximum atomic E-state index is 9.35. The number of thiol groups is 1. The first-order valence-corrected chi connectivity index (χ1v) is 4.95. The number of allylic oxidation sites excluding steroid dienone is 2. The van der Waals surface area contributed by atoms with E-state index in [0.717, 1.165) is 12.2 Å². The molecule has 12 heavy (non-hydrogen) atoms. The molecule has 0 spiro atoms. The van der Waals surface area contributed by atoms with Crippen molar-refractivity contribution in [3.63, 3.8) is 0 Å². The van der Waals surface area contributed by atoms with Crippen LogP contribution in [0.2, 0.25) is 0 Å². The van der Waals surface area contributed by atoms with Crippen LogP contribution in [0.5, 0.6) is 0 Å². The lowest BCUT2D eigenvalue weighted by Gasteiger charge is -2.08. The number of aliphatic hydroxyl groups excluding tert-OH is 2. The third-order valence-electron chi connectivity index (χ3n) is 1.67. The van der Waals surface area contributed by atoms with Gasteiger partial charge in [0.05, 0.1) is 0 Å². The molecule has 0 aromatic carbocycles. The summed E-state index contributed by atoms with van der Waals surface area (Å²) in [6.07, 6.45) is 1.94. The topological polar surface area (TPSA) is 40.5 Å². The Morgan fingerprint density at radius 1 is 1.33 bits per heavy atom. The molecule has 0 fully saturated rings. The highest BCUT2D eigenvalue weighted by molar-refractivity contribution is 7.80. The summed E-state index contributed by atoms with van der Waals surface area (Å²) >= 11 is 4.10. The van der Waals surface area contributed by atoms with E-state index in [-0.39, 0.29) is 11.5 Å². The van der Waals surface area contributed by atoms with E-state index in [4.69, 9.17) is 0 Å². The van der Waals surface area contributed by atoms with Crippen LogP contribution in [0.25, 0.3) is 0 Å². The Balaban J connectivity index is 3.97. The highest BCUT2D eigenvalue weighted by atomic mass is 32.1. The van der Waals surface area contributed by atoms with Crippen LogP contribution in [0.1, 0.15) is 33.1 Å². The highest BCUT2D eigenvalue weighted by Gasteiger charge is 2.07. The Hall–Kier alpha value is -0.310. The molecule has 0 aliphatic rings. The van der Waals surface area contributed by atoms with E-state index in [9.17, 15) is 10.2 Å². The van der Waals surface area contributed by atoms with Crippen molar-refractivity contribution in [2.24, 2.45) is 5.92 Å². The molecule has 0 saturated heterocycles. The summed E-state index contributed by atoms with van der Waals surface area (Å²) in [5.74, 6) is 1.29. The molecule has 0 saturated carbocycles. The number of aliphatic hydroxyl groups is 2. The van der Waals surface area contributed by atoms with E-state index in [0.29, 0.717) is 18.8 Å². The second-order valence-electron chi connectivity index (χ2n) is 3.14. The molecule has 2 nitrogen and oxygen atoms in total. The predicted octanol–water partition coefficient (Wildman–Crippen LogP) is 3.07. The van der Waals surface area contributed by atoms with Gasteiger partial charge in [-0.3, -0.25) is 0 Å². The fourth-order valence-electron chi connectivity index (χ4n) is 0.894. The van der Waals surface area contributed by atoms with Crippen molar-refractivity contribution in [3.8, 4) is 0 Å². The van der Waals surface area contributed by atoms with Gasteiger partial charge in [-0.15, -0.1) is 0 Å². The van der Waals surface area contributed by atoms with Crippen molar-refractivity contribution in [1.82, 2.24) is 0 Å². The van der Waals surface area contributed by atoms with Gasteiger partial charge in [-0.05, 0) is 18.1 Å². The molecule has 1 atom stereocenters. The summed E-state index contributed by atoms with van der Waals surface area (Å²) in [6, 6.07) is 0. The first-order valence-electron chi connectivity index (χ1n) is 4.32. The SMILES string of the molecule is CCC/C(O)=C(/O)CC(C)CS. The molecule has 0 aromatic rings. The van der Waals surface area contributed by atoms with Crippen molar-refractivity contribution < 1.29 is 10.2 Å². The van der Waals surface area contributed by atoms with Gasteiger partial charge >= 0.3 is 0 Å². The second-order valence-corrected chi connectivity index (χ2v) is 3.50. The quantitative estimate of drug-likeness (QED) is 0.460. The molecule has 0 aliphatic carbocycles. The largest absolute Gasteiger partial charge is 0.509 e. The Morgan fingerprint density at radius 2 is 1.92 bits per heavy atom. The van der Waals surface area contributed by atoms with Crippen molar-refractivity contribution >= 4 is 12.6 Å². The van der Waals surface area contributed by atoms with Crippen LogP contribution in [0, 0.1) is 5.92 Å². The molecular formula is C9H18O2S. The zero-order chi connectivity index (χ0) is 9.56. The molecule has 2 N–H and O–H groups in total. The Labute approximate surface area is 79.7 Å². The van der Waals surface area contributed by atoms with Crippen LogP contribution in [0.15, 0.2) is 11.5 Å². The second kappa shape index (κ2) is 6.23. The summed E-state index contributed by atoms with van der Waals surface area (Å²) in [7, 11) is 0. The van der Waals surface area contributed by atoms with Crippen LogP contribution < -0.4 is 0 Å². The maximum Gasteiger partial charge on any atom is 0.130 e. The molecule has 0 radical (unpaired) electrons. The normalized spacial score (nSPS) is 15.6. The first kappa shape index (κ1) is 11.7. The molecule has 0 amide bonds. The lowest BCUT2D eigenvalue weighted by Crippen LogP contribution is -2.00. The zero-order valence-corrected chi connectivity index (χ0v) is 8.64. The molecule has 0 bridgehead atoms. The van der Waals surface area contributed by atoms with Crippen molar-refractivity contribution in [2.45, 2.75) is 33.1 Å². The van der Waals surface area contributed by atoms with E-state index in [1.165, 1.54) is 0 Å². The molecule has 1 unspecified atom stereocenters. The van der Waals surface area contributed by atoms with Gasteiger partial charge in [-0.2, -0.15) is 12.6 Å². The molecule has 0 rings (SSSR count). The molecule has 72 valence electrons. The minimum absolute atomic E-state index is 0.124. The maximum absolute atomic E-state index is 9.35. The van der Waals surface area contributed by atoms with Crippen molar-refractivity contribution in [1.29, 1.82) is 0 Å². The van der Waals surface area contributed by atoms with Gasteiger partial charge < -0.3 is 10.2 Å². The summed E-state index contributed by atoms with van der Waals surface area (Å²) in [4.78, 5) is 0. The molecule has 0 aromatic heterocycles. The minimum Gasteiger partial charge on any atom is -0.509 e. The van der Waals surface area contributed by atoms with E-state index in [2.05, 4.69) is 12.6 Å².